The molecule has 0 saturated heterocycles. The summed E-state index contributed by atoms with van der Waals surface area (Å²) in [6.07, 6.45) is 5.53. The Balaban J connectivity index is 1.86. The standard InChI is InChI=1S/C17H21NO2/c19-12-2-1-5-14-6-3-7-15(13-14)17(20)9-11-18-10-4-8-16(17)18/h3-4,6-8,10,13,19-20H,1-2,5,9,11-12H2. The molecule has 1 aromatic carbocycles. The lowest BCUT2D eigenvalue weighted by Crippen LogP contribution is -2.24. The van der Waals surface area contributed by atoms with Crippen molar-refractivity contribution in [2.24, 2.45) is 0 Å². The van der Waals surface area contributed by atoms with Crippen molar-refractivity contribution in [3.8, 4) is 0 Å². The molecule has 1 aromatic heterocycles. The molecule has 106 valence electrons. The number of benzene rings is 1. The van der Waals surface area contributed by atoms with Crippen LogP contribution in [0.1, 0.15) is 36.1 Å². The Morgan fingerprint density at radius 3 is 2.90 bits per heavy atom. The monoisotopic (exact) mass is 271 g/mol. The molecule has 1 aliphatic rings. The first kappa shape index (κ1) is 13.4. The van der Waals surface area contributed by atoms with Gasteiger partial charge in [0.25, 0.3) is 0 Å². The summed E-state index contributed by atoms with van der Waals surface area (Å²) in [6.45, 7) is 1.12. The molecule has 3 rings (SSSR count). The molecule has 0 aliphatic carbocycles. The van der Waals surface area contributed by atoms with Crippen LogP contribution in [0, 0.1) is 0 Å². The minimum absolute atomic E-state index is 0.247. The fourth-order valence-electron chi connectivity index (χ4n) is 3.11. The number of aryl methyl sites for hydroxylation is 2. The zero-order valence-electron chi connectivity index (χ0n) is 11.6. The highest BCUT2D eigenvalue weighted by molar-refractivity contribution is 5.37. The predicted molar refractivity (Wildman–Crippen MR) is 78.5 cm³/mol. The maximum absolute atomic E-state index is 11.0. The molecule has 2 N–H and O–H groups in total. The fourth-order valence-corrected chi connectivity index (χ4v) is 3.11. The van der Waals surface area contributed by atoms with Crippen molar-refractivity contribution in [1.82, 2.24) is 4.57 Å². The lowest BCUT2D eigenvalue weighted by Gasteiger charge is -2.23. The van der Waals surface area contributed by atoms with E-state index in [0.717, 1.165) is 43.5 Å². The molecule has 3 nitrogen and oxygen atoms in total. The Bertz CT molecular complexity index is 590. The van der Waals surface area contributed by atoms with Gasteiger partial charge < -0.3 is 14.8 Å². The van der Waals surface area contributed by atoms with E-state index >= 15 is 0 Å². The molecule has 0 radical (unpaired) electrons. The first-order chi connectivity index (χ1) is 9.74. The summed E-state index contributed by atoms with van der Waals surface area (Å²) in [5.74, 6) is 0. The molecule has 0 bridgehead atoms. The third-order valence-corrected chi connectivity index (χ3v) is 4.25. The van der Waals surface area contributed by atoms with Gasteiger partial charge in [-0.05, 0) is 42.5 Å². The molecule has 20 heavy (non-hydrogen) atoms. The Labute approximate surface area is 119 Å². The highest BCUT2D eigenvalue weighted by atomic mass is 16.3. The van der Waals surface area contributed by atoms with Crippen LogP contribution < -0.4 is 0 Å². The number of unbranched alkanes of at least 4 members (excludes halogenated alkanes) is 1. The van der Waals surface area contributed by atoms with Gasteiger partial charge in [-0.2, -0.15) is 0 Å². The van der Waals surface area contributed by atoms with Crippen LogP contribution in [-0.4, -0.2) is 21.4 Å². The SMILES string of the molecule is OCCCCc1cccc(C2(O)CCn3cccc32)c1. The molecule has 1 unspecified atom stereocenters. The van der Waals surface area contributed by atoms with E-state index in [-0.39, 0.29) is 6.61 Å². The summed E-state index contributed by atoms with van der Waals surface area (Å²) in [6, 6.07) is 12.2. The topological polar surface area (TPSA) is 45.4 Å². The number of nitrogens with zero attached hydrogens (tertiary/aromatic N) is 1. The first-order valence-electron chi connectivity index (χ1n) is 7.32. The summed E-state index contributed by atoms with van der Waals surface area (Å²) in [4.78, 5) is 0. The molecule has 2 heterocycles. The van der Waals surface area contributed by atoms with Crippen LogP contribution in [0.25, 0.3) is 0 Å². The number of aliphatic hydroxyl groups is 2. The van der Waals surface area contributed by atoms with Crippen molar-refractivity contribution in [1.29, 1.82) is 0 Å². The largest absolute Gasteiger partial charge is 0.396 e. The Kier molecular flexibility index (Phi) is 3.64. The van der Waals surface area contributed by atoms with Gasteiger partial charge in [-0.25, -0.2) is 0 Å². The van der Waals surface area contributed by atoms with E-state index in [9.17, 15) is 5.11 Å². The lowest BCUT2D eigenvalue weighted by atomic mass is 9.88. The molecule has 0 fully saturated rings. The third-order valence-electron chi connectivity index (χ3n) is 4.25. The zero-order chi connectivity index (χ0) is 14.0. The summed E-state index contributed by atoms with van der Waals surface area (Å²) >= 11 is 0. The molecule has 1 aliphatic heterocycles. The number of aromatic nitrogens is 1. The molecule has 1 atom stereocenters. The van der Waals surface area contributed by atoms with Crippen molar-refractivity contribution in [2.45, 2.75) is 37.8 Å². The minimum Gasteiger partial charge on any atom is -0.396 e. The van der Waals surface area contributed by atoms with Gasteiger partial charge in [-0.3, -0.25) is 0 Å². The first-order valence-corrected chi connectivity index (χ1v) is 7.32. The zero-order valence-corrected chi connectivity index (χ0v) is 11.6. The fraction of sp³-hybridized carbons (Fsp3) is 0.412. The number of hydrogen-bond donors (Lipinski definition) is 2. The summed E-state index contributed by atoms with van der Waals surface area (Å²) in [5, 5.41) is 19.9. The maximum Gasteiger partial charge on any atom is 0.131 e. The summed E-state index contributed by atoms with van der Waals surface area (Å²) in [5.41, 5.74) is 2.35. The van der Waals surface area contributed by atoms with Crippen LogP contribution in [0.15, 0.2) is 42.6 Å². The van der Waals surface area contributed by atoms with E-state index in [2.05, 4.69) is 16.7 Å². The Morgan fingerprint density at radius 1 is 1.15 bits per heavy atom. The van der Waals surface area contributed by atoms with Gasteiger partial charge in [0.2, 0.25) is 0 Å². The van der Waals surface area contributed by atoms with Crippen molar-refractivity contribution < 1.29 is 10.2 Å². The van der Waals surface area contributed by atoms with Gasteiger partial charge >= 0.3 is 0 Å². The second-order valence-electron chi connectivity index (χ2n) is 5.58. The molecular formula is C17H21NO2. The molecule has 3 heteroatoms. The quantitative estimate of drug-likeness (QED) is 0.820. The Morgan fingerprint density at radius 2 is 2.05 bits per heavy atom. The van der Waals surface area contributed by atoms with Gasteiger partial charge in [0.05, 0.1) is 5.69 Å². The highest BCUT2D eigenvalue weighted by Crippen LogP contribution is 2.38. The number of hydrogen-bond acceptors (Lipinski definition) is 2. The van der Waals surface area contributed by atoms with E-state index in [1.807, 2.05) is 30.5 Å². The van der Waals surface area contributed by atoms with Gasteiger partial charge in [0, 0.05) is 25.8 Å². The van der Waals surface area contributed by atoms with Crippen molar-refractivity contribution in [3.63, 3.8) is 0 Å². The number of rotatable bonds is 5. The molecule has 0 amide bonds. The molecule has 0 saturated carbocycles. The average Bonchev–Trinajstić information content (AvgIpc) is 3.05. The smallest absolute Gasteiger partial charge is 0.131 e. The van der Waals surface area contributed by atoms with Crippen molar-refractivity contribution in [3.05, 3.63) is 59.4 Å². The minimum atomic E-state index is -0.851. The lowest BCUT2D eigenvalue weighted by molar-refractivity contribution is 0.0827. The van der Waals surface area contributed by atoms with E-state index in [4.69, 9.17) is 5.11 Å². The molecule has 2 aromatic rings. The van der Waals surface area contributed by atoms with Crippen LogP contribution in [-0.2, 0) is 18.6 Å². The number of aliphatic hydroxyl groups excluding tert-OH is 1. The van der Waals surface area contributed by atoms with Crippen molar-refractivity contribution in [2.75, 3.05) is 6.61 Å². The molecule has 0 spiro atoms. The Hall–Kier alpha value is -1.58. The van der Waals surface area contributed by atoms with E-state index < -0.39 is 5.60 Å². The average molecular weight is 271 g/mol. The summed E-state index contributed by atoms with van der Waals surface area (Å²) < 4.78 is 2.12. The van der Waals surface area contributed by atoms with E-state index in [1.165, 1.54) is 5.56 Å². The highest BCUT2D eigenvalue weighted by Gasteiger charge is 2.38. The van der Waals surface area contributed by atoms with Crippen LogP contribution >= 0.6 is 0 Å². The summed E-state index contributed by atoms with van der Waals surface area (Å²) in [7, 11) is 0. The van der Waals surface area contributed by atoms with Crippen LogP contribution in [0.3, 0.4) is 0 Å². The third kappa shape index (κ3) is 2.28. The van der Waals surface area contributed by atoms with Gasteiger partial charge in [-0.1, -0.05) is 24.3 Å². The van der Waals surface area contributed by atoms with Crippen molar-refractivity contribution >= 4 is 0 Å². The van der Waals surface area contributed by atoms with Crippen LogP contribution in [0.2, 0.25) is 0 Å². The van der Waals surface area contributed by atoms with Crippen LogP contribution in [0.4, 0.5) is 0 Å². The van der Waals surface area contributed by atoms with Gasteiger partial charge in [-0.15, -0.1) is 0 Å². The molecular weight excluding hydrogens is 250 g/mol. The number of fused-ring (bicyclic) bond motifs is 1. The second-order valence-corrected chi connectivity index (χ2v) is 5.58. The van der Waals surface area contributed by atoms with Crippen LogP contribution in [0.5, 0.6) is 0 Å². The maximum atomic E-state index is 11.0. The van der Waals surface area contributed by atoms with Gasteiger partial charge in [0.15, 0.2) is 0 Å². The second kappa shape index (κ2) is 5.43. The normalized spacial score (nSPS) is 21.1. The van der Waals surface area contributed by atoms with E-state index in [1.54, 1.807) is 0 Å². The predicted octanol–water partition coefficient (Wildman–Crippen LogP) is 2.44. The van der Waals surface area contributed by atoms with E-state index in [0.29, 0.717) is 0 Å². The van der Waals surface area contributed by atoms with Gasteiger partial charge in [0.1, 0.15) is 5.60 Å².